The number of esters is 1. The molecule has 8 nitrogen and oxygen atoms in total. The zero-order valence-corrected chi connectivity index (χ0v) is 18.4. The Bertz CT molecular complexity index is 1260. The Labute approximate surface area is 189 Å². The highest BCUT2D eigenvalue weighted by atomic mass is 35.5. The van der Waals surface area contributed by atoms with E-state index in [-0.39, 0.29) is 15.5 Å². The molecule has 164 valence electrons. The van der Waals surface area contributed by atoms with Crippen molar-refractivity contribution in [2.45, 2.75) is 4.90 Å². The van der Waals surface area contributed by atoms with Crippen LogP contribution in [0.5, 0.6) is 0 Å². The van der Waals surface area contributed by atoms with Crippen LogP contribution in [0.25, 0.3) is 0 Å². The second-order valence-corrected chi connectivity index (χ2v) is 9.02. The molecule has 0 aromatic heterocycles. The maximum Gasteiger partial charge on any atom is 0.338 e. The molecule has 1 amide bonds. The Morgan fingerprint density at radius 1 is 0.938 bits per heavy atom. The maximum atomic E-state index is 12.2. The number of carbonyl (C=O) groups is 2. The summed E-state index contributed by atoms with van der Waals surface area (Å²) in [4.78, 5) is 24.0. The highest BCUT2D eigenvalue weighted by Crippen LogP contribution is 2.23. The van der Waals surface area contributed by atoms with Gasteiger partial charge in [-0.2, -0.15) is 10.2 Å². The quantitative estimate of drug-likeness (QED) is 0.386. The molecule has 3 aromatic carbocycles. The summed E-state index contributed by atoms with van der Waals surface area (Å²) in [5, 5.41) is 10.8. The van der Waals surface area contributed by atoms with E-state index >= 15 is 0 Å². The molecule has 0 aliphatic heterocycles. The van der Waals surface area contributed by atoms with E-state index in [9.17, 15) is 18.0 Å². The van der Waals surface area contributed by atoms with Gasteiger partial charge >= 0.3 is 5.97 Å². The minimum Gasteiger partial charge on any atom is -0.452 e. The third kappa shape index (κ3) is 6.47. The van der Waals surface area contributed by atoms with Crippen molar-refractivity contribution >= 4 is 50.4 Å². The monoisotopic (exact) mass is 471 g/mol. The van der Waals surface area contributed by atoms with Crippen LogP contribution in [0.15, 0.2) is 87.9 Å². The molecule has 32 heavy (non-hydrogen) atoms. The molecule has 3 rings (SSSR count). The van der Waals surface area contributed by atoms with Gasteiger partial charge in [-0.3, -0.25) is 4.79 Å². The highest BCUT2D eigenvalue weighted by Gasteiger charge is 2.17. The number of azo groups is 1. The molecular weight excluding hydrogens is 454 g/mol. The van der Waals surface area contributed by atoms with Gasteiger partial charge in [-0.1, -0.05) is 29.8 Å². The number of halogens is 1. The van der Waals surface area contributed by atoms with E-state index in [1.165, 1.54) is 12.1 Å². The first-order valence-corrected chi connectivity index (χ1v) is 11.5. The molecule has 0 bridgehead atoms. The van der Waals surface area contributed by atoms with E-state index in [4.69, 9.17) is 16.3 Å². The van der Waals surface area contributed by atoms with Gasteiger partial charge < -0.3 is 10.1 Å². The minimum atomic E-state index is -3.62. The van der Waals surface area contributed by atoms with Gasteiger partial charge in [0.2, 0.25) is 0 Å². The van der Waals surface area contributed by atoms with Crippen LogP contribution in [-0.4, -0.2) is 33.2 Å². The fourth-order valence-corrected chi connectivity index (χ4v) is 3.85. The molecule has 0 aliphatic carbocycles. The Balaban J connectivity index is 1.55. The number of nitrogens with zero attached hydrogens (tertiary/aromatic N) is 2. The molecule has 3 aromatic rings. The van der Waals surface area contributed by atoms with Crippen LogP contribution in [0.2, 0.25) is 5.02 Å². The summed E-state index contributed by atoms with van der Waals surface area (Å²) < 4.78 is 28.4. The molecule has 0 atom stereocenters. The number of amides is 1. The molecule has 1 N–H and O–H groups in total. The number of nitrogens with one attached hydrogen (secondary N) is 1. The van der Waals surface area contributed by atoms with Gasteiger partial charge in [0.25, 0.3) is 5.91 Å². The predicted octanol–water partition coefficient (Wildman–Crippen LogP) is 4.95. The van der Waals surface area contributed by atoms with Gasteiger partial charge in [0, 0.05) is 11.9 Å². The van der Waals surface area contributed by atoms with Gasteiger partial charge in [0.05, 0.1) is 26.9 Å². The number of carbonyl (C=O) groups excluding carboxylic acids is 2. The van der Waals surface area contributed by atoms with Crippen LogP contribution in [0, 0.1) is 0 Å². The topological polar surface area (TPSA) is 114 Å². The first-order valence-electron chi connectivity index (χ1n) is 9.26. The van der Waals surface area contributed by atoms with Gasteiger partial charge in [0.15, 0.2) is 16.4 Å². The summed E-state index contributed by atoms with van der Waals surface area (Å²) in [6.45, 7) is -0.550. The van der Waals surface area contributed by atoms with E-state index in [1.54, 1.807) is 24.3 Å². The second kappa shape index (κ2) is 10.2. The maximum absolute atomic E-state index is 12.2. The molecule has 0 saturated carbocycles. The number of benzene rings is 3. The van der Waals surface area contributed by atoms with Crippen molar-refractivity contribution in [3.05, 3.63) is 83.4 Å². The van der Waals surface area contributed by atoms with Crippen molar-refractivity contribution < 1.29 is 22.7 Å². The Morgan fingerprint density at radius 3 is 2.19 bits per heavy atom. The smallest absolute Gasteiger partial charge is 0.338 e. The first kappa shape index (κ1) is 23.1. The predicted molar refractivity (Wildman–Crippen MR) is 121 cm³/mol. The van der Waals surface area contributed by atoms with Gasteiger partial charge in [-0.15, -0.1) is 0 Å². The largest absolute Gasteiger partial charge is 0.452 e. The van der Waals surface area contributed by atoms with Crippen molar-refractivity contribution in [1.29, 1.82) is 0 Å². The van der Waals surface area contributed by atoms with Crippen LogP contribution < -0.4 is 5.32 Å². The lowest BCUT2D eigenvalue weighted by Gasteiger charge is -2.08. The summed E-state index contributed by atoms with van der Waals surface area (Å²) in [6.07, 6.45) is 0.977. The first-order chi connectivity index (χ1) is 15.2. The standard InChI is InChI=1S/C22H18ClN3O5S/c1-32(29,30)20-13-15(7-12-19(20)23)22(28)31-14-21(27)24-16-8-10-18(11-9-16)26-25-17-5-3-2-4-6-17/h2-13H,14H2,1H3,(H,24,27). The SMILES string of the molecule is CS(=O)(=O)c1cc(C(=O)OCC(=O)Nc2ccc(N=Nc3ccccc3)cc2)ccc1Cl. The van der Waals surface area contributed by atoms with Crippen molar-refractivity contribution in [2.24, 2.45) is 10.2 Å². The number of hydrogen-bond acceptors (Lipinski definition) is 7. The Hall–Kier alpha value is -3.56. The summed E-state index contributed by atoms with van der Waals surface area (Å²) in [7, 11) is -3.62. The van der Waals surface area contributed by atoms with Crippen LogP contribution >= 0.6 is 11.6 Å². The lowest BCUT2D eigenvalue weighted by molar-refractivity contribution is -0.119. The highest BCUT2D eigenvalue weighted by molar-refractivity contribution is 7.90. The normalized spacial score (nSPS) is 11.3. The lowest BCUT2D eigenvalue weighted by atomic mass is 10.2. The molecule has 0 spiro atoms. The van der Waals surface area contributed by atoms with Crippen molar-refractivity contribution in [2.75, 3.05) is 18.2 Å². The van der Waals surface area contributed by atoms with Gasteiger partial charge in [-0.25, -0.2) is 13.2 Å². The third-order valence-electron chi connectivity index (χ3n) is 4.09. The summed E-state index contributed by atoms with van der Waals surface area (Å²) in [5.41, 5.74) is 1.77. The fraction of sp³-hybridized carbons (Fsp3) is 0.0909. The molecule has 0 unspecified atom stereocenters. The van der Waals surface area contributed by atoms with Crippen LogP contribution in [0.4, 0.5) is 17.1 Å². The van der Waals surface area contributed by atoms with Crippen molar-refractivity contribution in [1.82, 2.24) is 0 Å². The van der Waals surface area contributed by atoms with Crippen LogP contribution in [0.3, 0.4) is 0 Å². The zero-order valence-electron chi connectivity index (χ0n) is 16.9. The molecule has 0 radical (unpaired) electrons. The minimum absolute atomic E-state index is 0.00598. The average molecular weight is 472 g/mol. The third-order valence-corrected chi connectivity index (χ3v) is 5.67. The number of sulfone groups is 1. The van der Waals surface area contributed by atoms with Crippen LogP contribution in [-0.2, 0) is 19.4 Å². The average Bonchev–Trinajstić information content (AvgIpc) is 2.77. The van der Waals surface area contributed by atoms with Gasteiger partial charge in [-0.05, 0) is 54.6 Å². The molecule has 0 aliphatic rings. The molecule has 0 heterocycles. The second-order valence-electron chi connectivity index (χ2n) is 6.62. The van der Waals surface area contributed by atoms with E-state index in [0.717, 1.165) is 18.0 Å². The van der Waals surface area contributed by atoms with E-state index in [2.05, 4.69) is 15.5 Å². The molecule has 0 saturated heterocycles. The summed E-state index contributed by atoms with van der Waals surface area (Å²) >= 11 is 5.86. The molecule has 10 heteroatoms. The summed E-state index contributed by atoms with van der Waals surface area (Å²) in [6, 6.07) is 19.6. The number of hydrogen-bond donors (Lipinski definition) is 1. The van der Waals surface area contributed by atoms with Crippen molar-refractivity contribution in [3.63, 3.8) is 0 Å². The van der Waals surface area contributed by atoms with Crippen molar-refractivity contribution in [3.8, 4) is 0 Å². The summed E-state index contributed by atoms with van der Waals surface area (Å²) in [5.74, 6) is -1.41. The van der Waals surface area contributed by atoms with Gasteiger partial charge in [0.1, 0.15) is 0 Å². The molecular formula is C22H18ClN3O5S. The Morgan fingerprint density at radius 2 is 1.56 bits per heavy atom. The van der Waals surface area contributed by atoms with Crippen LogP contribution in [0.1, 0.15) is 10.4 Å². The number of rotatable bonds is 7. The van der Waals surface area contributed by atoms with E-state index in [0.29, 0.717) is 11.4 Å². The fourth-order valence-electron chi connectivity index (χ4n) is 2.55. The van der Waals surface area contributed by atoms with E-state index < -0.39 is 28.3 Å². The number of anilines is 1. The zero-order chi connectivity index (χ0) is 23.1. The molecule has 0 fully saturated rings. The number of ether oxygens (including phenoxy) is 1. The lowest BCUT2D eigenvalue weighted by Crippen LogP contribution is -2.21. The van der Waals surface area contributed by atoms with E-state index in [1.807, 2.05) is 30.3 Å². The Kier molecular flexibility index (Phi) is 7.34.